The van der Waals surface area contributed by atoms with Crippen molar-refractivity contribution in [1.82, 2.24) is 0 Å². The van der Waals surface area contributed by atoms with Crippen LogP contribution in [-0.4, -0.2) is 24.1 Å². The lowest BCUT2D eigenvalue weighted by Gasteiger charge is -2.07. The molecule has 0 spiro atoms. The highest BCUT2D eigenvalue weighted by molar-refractivity contribution is 7.99. The molecule has 0 atom stereocenters. The molecule has 0 N–H and O–H groups in total. The van der Waals surface area contributed by atoms with E-state index >= 15 is 0 Å². The number of rotatable bonds is 7. The van der Waals surface area contributed by atoms with Crippen LogP contribution in [0.25, 0.3) is 11.1 Å². The van der Waals surface area contributed by atoms with Crippen LogP contribution in [0, 0.1) is 0 Å². The Labute approximate surface area is 179 Å². The van der Waals surface area contributed by atoms with Crippen LogP contribution in [0.3, 0.4) is 0 Å². The van der Waals surface area contributed by atoms with Crippen LogP contribution in [0.4, 0.5) is 0 Å². The van der Waals surface area contributed by atoms with Gasteiger partial charge in [-0.1, -0.05) is 60.1 Å². The van der Waals surface area contributed by atoms with Crippen molar-refractivity contribution >= 4 is 35.1 Å². The van der Waals surface area contributed by atoms with E-state index in [0.717, 1.165) is 16.9 Å². The number of thioether (sulfide) groups is 1. The highest BCUT2D eigenvalue weighted by Crippen LogP contribution is 2.36. The Morgan fingerprint density at radius 1 is 0.931 bits per heavy atom. The van der Waals surface area contributed by atoms with Crippen LogP contribution >= 0.6 is 23.4 Å². The molecule has 146 valence electrons. The van der Waals surface area contributed by atoms with Gasteiger partial charge in [0.1, 0.15) is 0 Å². The summed E-state index contributed by atoms with van der Waals surface area (Å²) in [6.07, 6.45) is 1.11. The third kappa shape index (κ3) is 4.55. The van der Waals surface area contributed by atoms with Crippen LogP contribution in [0.15, 0.2) is 71.6 Å². The van der Waals surface area contributed by atoms with Gasteiger partial charge in [0.2, 0.25) is 0 Å². The zero-order valence-corrected chi connectivity index (χ0v) is 17.3. The van der Waals surface area contributed by atoms with E-state index in [1.807, 2.05) is 54.6 Å². The van der Waals surface area contributed by atoms with Crippen molar-refractivity contribution < 1.29 is 14.3 Å². The minimum absolute atomic E-state index is 0.190. The summed E-state index contributed by atoms with van der Waals surface area (Å²) in [4.78, 5) is 25.4. The van der Waals surface area contributed by atoms with Crippen molar-refractivity contribution in [3.05, 3.63) is 88.4 Å². The Hall–Kier alpha value is -2.56. The van der Waals surface area contributed by atoms with Gasteiger partial charge in [-0.3, -0.25) is 9.59 Å². The van der Waals surface area contributed by atoms with Crippen LogP contribution < -0.4 is 0 Å². The second-order valence-electron chi connectivity index (χ2n) is 6.82. The number of carbonyl (C=O) groups excluding carboxylic acids is 2. The monoisotopic (exact) mass is 422 g/mol. The van der Waals surface area contributed by atoms with Crippen molar-refractivity contribution in [3.63, 3.8) is 0 Å². The molecule has 29 heavy (non-hydrogen) atoms. The second-order valence-corrected chi connectivity index (χ2v) is 8.36. The number of ether oxygens (including phenoxy) is 1. The molecule has 0 aliphatic heterocycles. The fraction of sp³-hybridized carbons (Fsp3) is 0.167. The minimum Gasteiger partial charge on any atom is -0.457 e. The molecule has 3 nitrogen and oxygen atoms in total. The van der Waals surface area contributed by atoms with Gasteiger partial charge in [-0.25, -0.2) is 0 Å². The second kappa shape index (κ2) is 8.85. The summed E-state index contributed by atoms with van der Waals surface area (Å²) < 4.78 is 5.18. The van der Waals surface area contributed by atoms with Gasteiger partial charge in [0.25, 0.3) is 0 Å². The molecule has 3 aromatic carbocycles. The van der Waals surface area contributed by atoms with Crippen molar-refractivity contribution in [1.29, 1.82) is 0 Å². The quantitative estimate of drug-likeness (QED) is 0.214. The van der Waals surface area contributed by atoms with Gasteiger partial charge in [-0.15, -0.1) is 11.8 Å². The molecule has 1 aliphatic rings. The number of hydrogen-bond acceptors (Lipinski definition) is 4. The summed E-state index contributed by atoms with van der Waals surface area (Å²) in [6.45, 7) is -0.240. The lowest BCUT2D eigenvalue weighted by Crippen LogP contribution is -2.14. The summed E-state index contributed by atoms with van der Waals surface area (Å²) >= 11 is 7.60. The number of hydrogen-bond donors (Lipinski definition) is 0. The summed E-state index contributed by atoms with van der Waals surface area (Å²) in [5.41, 5.74) is 5.32. The van der Waals surface area contributed by atoms with E-state index in [-0.39, 0.29) is 24.8 Å². The lowest BCUT2D eigenvalue weighted by atomic mass is 10.0. The van der Waals surface area contributed by atoms with E-state index in [4.69, 9.17) is 16.3 Å². The maximum absolute atomic E-state index is 12.5. The maximum Gasteiger partial charge on any atom is 0.307 e. The number of Topliss-reactive ketones (excluding diaryl/α,β-unsaturated/α-hetero) is 1. The minimum atomic E-state index is -0.385. The molecule has 0 saturated carbocycles. The van der Waals surface area contributed by atoms with Crippen LogP contribution in [0.1, 0.15) is 27.9 Å². The smallest absolute Gasteiger partial charge is 0.307 e. The Bertz CT molecular complexity index is 1080. The first-order valence-corrected chi connectivity index (χ1v) is 10.8. The number of benzene rings is 3. The average molecular weight is 423 g/mol. The zero-order valence-electron chi connectivity index (χ0n) is 15.7. The summed E-state index contributed by atoms with van der Waals surface area (Å²) in [5.74, 6) is -0.0273. The van der Waals surface area contributed by atoms with Gasteiger partial charge in [-0.05, 0) is 46.9 Å². The summed E-state index contributed by atoms with van der Waals surface area (Å²) in [6, 6.07) is 21.4. The highest BCUT2D eigenvalue weighted by atomic mass is 35.5. The fourth-order valence-corrected chi connectivity index (χ4v) is 4.57. The molecule has 3 aromatic rings. The van der Waals surface area contributed by atoms with Crippen LogP contribution in [0.5, 0.6) is 0 Å². The molecule has 0 amide bonds. The van der Waals surface area contributed by atoms with E-state index in [1.54, 1.807) is 0 Å². The molecule has 1 aliphatic carbocycles. The molecule has 0 heterocycles. The largest absolute Gasteiger partial charge is 0.457 e. The van der Waals surface area contributed by atoms with Crippen molar-refractivity contribution in [2.24, 2.45) is 0 Å². The van der Waals surface area contributed by atoms with Gasteiger partial charge in [0.05, 0.1) is 11.4 Å². The third-order valence-corrected chi connectivity index (χ3v) is 6.40. The van der Waals surface area contributed by atoms with Crippen molar-refractivity contribution in [3.8, 4) is 11.1 Å². The standard InChI is InChI=1S/C24H19ClO3S/c25-21-7-3-4-8-23(21)29-12-11-24(27)28-15-22(26)18-10-9-17-13-16-5-1-2-6-19(16)20(17)14-18/h1-10,14H,11-13,15H2. The van der Waals surface area contributed by atoms with E-state index in [0.29, 0.717) is 16.3 Å². The number of esters is 1. The SMILES string of the molecule is O=C(CCSc1ccccc1Cl)OCC(=O)c1ccc2c(c1)-c1ccccc1C2. The Morgan fingerprint density at radius 2 is 1.69 bits per heavy atom. The van der Waals surface area contributed by atoms with Gasteiger partial charge < -0.3 is 4.74 Å². The molecule has 5 heteroatoms. The first-order valence-electron chi connectivity index (χ1n) is 9.39. The molecule has 4 rings (SSSR count). The molecule has 0 radical (unpaired) electrons. The topological polar surface area (TPSA) is 43.4 Å². The fourth-order valence-electron chi connectivity index (χ4n) is 3.40. The van der Waals surface area contributed by atoms with Gasteiger partial charge in [0.15, 0.2) is 12.4 Å². The van der Waals surface area contributed by atoms with Gasteiger partial charge in [0, 0.05) is 16.2 Å². The normalized spacial score (nSPS) is 11.6. The van der Waals surface area contributed by atoms with E-state index < -0.39 is 0 Å². The molecule has 0 fully saturated rings. The number of halogens is 1. The van der Waals surface area contributed by atoms with E-state index in [1.165, 1.54) is 28.5 Å². The van der Waals surface area contributed by atoms with E-state index in [2.05, 4.69) is 12.1 Å². The Balaban J connectivity index is 1.30. The number of fused-ring (bicyclic) bond motifs is 3. The molecule has 0 aromatic heterocycles. The summed E-state index contributed by atoms with van der Waals surface area (Å²) in [5, 5.41) is 0.666. The van der Waals surface area contributed by atoms with Crippen molar-refractivity contribution in [2.75, 3.05) is 12.4 Å². The predicted octanol–water partition coefficient (Wildman–Crippen LogP) is 5.82. The number of ketones is 1. The average Bonchev–Trinajstić information content (AvgIpc) is 3.11. The Kier molecular flexibility index (Phi) is 6.02. The van der Waals surface area contributed by atoms with Gasteiger partial charge in [-0.2, -0.15) is 0 Å². The van der Waals surface area contributed by atoms with E-state index in [9.17, 15) is 9.59 Å². The predicted molar refractivity (Wildman–Crippen MR) is 117 cm³/mol. The third-order valence-electron chi connectivity index (χ3n) is 4.88. The molecule has 0 saturated heterocycles. The summed E-state index contributed by atoms with van der Waals surface area (Å²) in [7, 11) is 0. The molecule has 0 bridgehead atoms. The first-order chi connectivity index (χ1) is 14.1. The maximum atomic E-state index is 12.5. The zero-order chi connectivity index (χ0) is 20.2. The first kappa shape index (κ1) is 19.7. The lowest BCUT2D eigenvalue weighted by molar-refractivity contribution is -0.141. The van der Waals surface area contributed by atoms with Crippen molar-refractivity contribution in [2.45, 2.75) is 17.7 Å². The van der Waals surface area contributed by atoms with Gasteiger partial charge >= 0.3 is 5.97 Å². The highest BCUT2D eigenvalue weighted by Gasteiger charge is 2.20. The van der Waals surface area contributed by atoms with Crippen LogP contribution in [0.2, 0.25) is 5.02 Å². The van der Waals surface area contributed by atoms with Crippen LogP contribution in [-0.2, 0) is 16.0 Å². The molecular weight excluding hydrogens is 404 g/mol. The number of carbonyl (C=O) groups is 2. The molecule has 0 unspecified atom stereocenters. The molecular formula is C24H19ClO3S. The Morgan fingerprint density at radius 3 is 2.55 bits per heavy atom.